The van der Waals surface area contributed by atoms with E-state index in [1.807, 2.05) is 0 Å². The van der Waals surface area contributed by atoms with Crippen LogP contribution in [0.2, 0.25) is 4.34 Å². The van der Waals surface area contributed by atoms with Crippen LogP contribution in [0.25, 0.3) is 0 Å². The van der Waals surface area contributed by atoms with E-state index >= 15 is 0 Å². The quantitative estimate of drug-likeness (QED) is 0.343. The monoisotopic (exact) mass is 288 g/mol. The van der Waals surface area contributed by atoms with Crippen molar-refractivity contribution in [1.82, 2.24) is 4.98 Å². The first-order valence-corrected chi connectivity index (χ1v) is 5.46. The average molecular weight is 289 g/mol. The van der Waals surface area contributed by atoms with Crippen LogP contribution in [0.5, 0.6) is 0 Å². The molecule has 0 aliphatic heterocycles. The summed E-state index contributed by atoms with van der Waals surface area (Å²) in [6.45, 7) is -0.405. The summed E-state index contributed by atoms with van der Waals surface area (Å²) in [5.41, 5.74) is -0.693. The fourth-order valence-electron chi connectivity index (χ4n) is 0.869. The lowest BCUT2D eigenvalue weighted by Crippen LogP contribution is -2.16. The van der Waals surface area contributed by atoms with Crippen LogP contribution in [0.1, 0.15) is 5.69 Å². The van der Waals surface area contributed by atoms with Gasteiger partial charge in [0.05, 0.1) is 0 Å². The minimum absolute atomic E-state index is 0.0288. The molecule has 0 radical (unpaired) electrons. The number of amides is 1. The third-order valence-electron chi connectivity index (χ3n) is 1.48. The second-order valence-corrected chi connectivity index (χ2v) is 4.18. The standard InChI is InChI=1S/C8H5ClN4O4S/c9-6-4(12-8(18-6)11-3-14)5(7(15)16)13-17-2-1-10/h3H,2H2,(H,15,16)(H,11,12,14). The molecule has 0 spiro atoms. The molecule has 1 amide bonds. The molecule has 0 saturated carbocycles. The SMILES string of the molecule is N#CCON=C(C(=O)O)c1nc(NC=O)sc1Cl. The van der Waals surface area contributed by atoms with E-state index in [1.54, 1.807) is 6.07 Å². The molecule has 0 aliphatic carbocycles. The number of hydrogen-bond acceptors (Lipinski definition) is 7. The van der Waals surface area contributed by atoms with Crippen LogP contribution in [0.15, 0.2) is 5.16 Å². The van der Waals surface area contributed by atoms with Crippen molar-refractivity contribution in [2.24, 2.45) is 5.16 Å². The second kappa shape index (κ2) is 6.53. The molecule has 1 aromatic rings. The molecule has 1 heterocycles. The molecular formula is C8H5ClN4O4S. The van der Waals surface area contributed by atoms with Crippen LogP contribution in [0.3, 0.4) is 0 Å². The van der Waals surface area contributed by atoms with Crippen LogP contribution in [0, 0.1) is 11.3 Å². The van der Waals surface area contributed by atoms with Gasteiger partial charge in [-0.25, -0.2) is 9.78 Å². The molecule has 0 atom stereocenters. The maximum Gasteiger partial charge on any atom is 0.360 e. The molecule has 94 valence electrons. The first-order chi connectivity index (χ1) is 8.60. The fourth-order valence-corrected chi connectivity index (χ4v) is 1.87. The van der Waals surface area contributed by atoms with Gasteiger partial charge in [-0.3, -0.25) is 4.79 Å². The first kappa shape index (κ1) is 13.9. The highest BCUT2D eigenvalue weighted by atomic mass is 35.5. The van der Waals surface area contributed by atoms with E-state index in [1.165, 1.54) is 0 Å². The summed E-state index contributed by atoms with van der Waals surface area (Å²) in [7, 11) is 0. The van der Waals surface area contributed by atoms with Gasteiger partial charge in [0.2, 0.25) is 18.7 Å². The minimum atomic E-state index is -1.42. The number of nitriles is 1. The van der Waals surface area contributed by atoms with Crippen LogP contribution >= 0.6 is 22.9 Å². The van der Waals surface area contributed by atoms with E-state index < -0.39 is 18.3 Å². The lowest BCUT2D eigenvalue weighted by atomic mass is 10.3. The van der Waals surface area contributed by atoms with Crippen molar-refractivity contribution >= 4 is 46.2 Å². The molecule has 10 heteroatoms. The smallest absolute Gasteiger partial charge is 0.360 e. The van der Waals surface area contributed by atoms with Crippen molar-refractivity contribution < 1.29 is 19.5 Å². The number of nitrogens with zero attached hydrogens (tertiary/aromatic N) is 3. The number of aliphatic carboxylic acids is 1. The predicted molar refractivity (Wildman–Crippen MR) is 62.5 cm³/mol. The van der Waals surface area contributed by atoms with E-state index in [9.17, 15) is 9.59 Å². The number of aromatic nitrogens is 1. The van der Waals surface area contributed by atoms with Gasteiger partial charge in [-0.15, -0.1) is 0 Å². The van der Waals surface area contributed by atoms with Gasteiger partial charge in [-0.2, -0.15) is 5.26 Å². The molecule has 0 aliphatic rings. The summed E-state index contributed by atoms with van der Waals surface area (Å²) in [5.74, 6) is -1.42. The Labute approximate surface area is 109 Å². The number of hydrogen-bond donors (Lipinski definition) is 2. The first-order valence-electron chi connectivity index (χ1n) is 4.27. The van der Waals surface area contributed by atoms with Gasteiger partial charge in [0.1, 0.15) is 16.1 Å². The molecule has 0 bridgehead atoms. The summed E-state index contributed by atoms with van der Waals surface area (Å²) in [6.07, 6.45) is 0.378. The topological polar surface area (TPSA) is 125 Å². The lowest BCUT2D eigenvalue weighted by Gasteiger charge is -1.97. The number of carboxylic acids is 1. The molecule has 18 heavy (non-hydrogen) atoms. The molecule has 8 nitrogen and oxygen atoms in total. The molecule has 2 N–H and O–H groups in total. The number of nitrogens with one attached hydrogen (secondary N) is 1. The van der Waals surface area contributed by atoms with Gasteiger partial charge in [0.25, 0.3) is 0 Å². The van der Waals surface area contributed by atoms with Crippen LogP contribution < -0.4 is 5.32 Å². The normalized spacial score (nSPS) is 10.6. The molecule has 0 saturated heterocycles. The summed E-state index contributed by atoms with van der Waals surface area (Å²) >= 11 is 6.64. The largest absolute Gasteiger partial charge is 0.476 e. The Balaban J connectivity index is 3.06. The number of oxime groups is 1. The number of thiazole rings is 1. The van der Waals surface area contributed by atoms with Gasteiger partial charge in [-0.1, -0.05) is 28.1 Å². The number of carbonyl (C=O) groups excluding carboxylic acids is 1. The molecule has 0 unspecified atom stereocenters. The molecule has 1 rings (SSSR count). The van der Waals surface area contributed by atoms with Crippen LogP contribution in [-0.2, 0) is 14.4 Å². The Morgan fingerprint density at radius 1 is 1.78 bits per heavy atom. The highest BCUT2D eigenvalue weighted by molar-refractivity contribution is 7.20. The van der Waals surface area contributed by atoms with Crippen molar-refractivity contribution in [3.63, 3.8) is 0 Å². The number of carboxylic acid groups (broad SMARTS) is 1. The predicted octanol–water partition coefficient (Wildman–Crippen LogP) is 0.694. The summed E-state index contributed by atoms with van der Waals surface area (Å²) < 4.78 is 0.0288. The summed E-state index contributed by atoms with van der Waals surface area (Å²) in [6, 6.07) is 1.62. The fraction of sp³-hybridized carbons (Fsp3) is 0.125. The second-order valence-electron chi connectivity index (χ2n) is 2.58. The highest BCUT2D eigenvalue weighted by Gasteiger charge is 2.22. The van der Waals surface area contributed by atoms with Crippen molar-refractivity contribution in [3.8, 4) is 6.07 Å². The third-order valence-corrected chi connectivity index (χ3v) is 2.67. The third kappa shape index (κ3) is 3.41. The maximum absolute atomic E-state index is 10.9. The van der Waals surface area contributed by atoms with Crippen LogP contribution in [0.4, 0.5) is 5.13 Å². The van der Waals surface area contributed by atoms with Crippen molar-refractivity contribution in [2.75, 3.05) is 11.9 Å². The van der Waals surface area contributed by atoms with Crippen LogP contribution in [-0.4, -0.2) is 34.8 Å². The van der Waals surface area contributed by atoms with E-state index in [0.717, 1.165) is 11.3 Å². The molecule has 1 aromatic heterocycles. The maximum atomic E-state index is 10.9. The van der Waals surface area contributed by atoms with E-state index in [-0.39, 0.29) is 15.2 Å². The van der Waals surface area contributed by atoms with Gasteiger partial charge < -0.3 is 15.3 Å². The van der Waals surface area contributed by atoms with E-state index in [2.05, 4.69) is 20.3 Å². The Hall–Kier alpha value is -2.18. The van der Waals surface area contributed by atoms with Gasteiger partial charge in [0, 0.05) is 0 Å². The number of rotatable bonds is 6. The molecule has 0 fully saturated rings. The number of anilines is 1. The van der Waals surface area contributed by atoms with Gasteiger partial charge in [0.15, 0.2) is 5.13 Å². The Morgan fingerprint density at radius 2 is 2.50 bits per heavy atom. The van der Waals surface area contributed by atoms with Crippen molar-refractivity contribution in [2.45, 2.75) is 0 Å². The van der Waals surface area contributed by atoms with Crippen molar-refractivity contribution in [3.05, 3.63) is 10.0 Å². The minimum Gasteiger partial charge on any atom is -0.476 e. The highest BCUT2D eigenvalue weighted by Crippen LogP contribution is 2.28. The summed E-state index contributed by atoms with van der Waals surface area (Å²) in [4.78, 5) is 29.4. The molecule has 0 aromatic carbocycles. The number of carbonyl (C=O) groups is 2. The Morgan fingerprint density at radius 3 is 3.06 bits per heavy atom. The zero-order chi connectivity index (χ0) is 13.5. The van der Waals surface area contributed by atoms with E-state index in [4.69, 9.17) is 22.0 Å². The zero-order valence-corrected chi connectivity index (χ0v) is 10.2. The van der Waals surface area contributed by atoms with Gasteiger partial charge in [-0.05, 0) is 0 Å². The average Bonchev–Trinajstić information content (AvgIpc) is 2.66. The lowest BCUT2D eigenvalue weighted by molar-refractivity contribution is -0.129. The Kier molecular flexibility index (Phi) is 5.04. The van der Waals surface area contributed by atoms with Gasteiger partial charge >= 0.3 is 5.97 Å². The Bertz CT molecular complexity index is 536. The zero-order valence-electron chi connectivity index (χ0n) is 8.58. The number of halogens is 1. The molecular weight excluding hydrogens is 284 g/mol. The van der Waals surface area contributed by atoms with E-state index in [0.29, 0.717) is 6.41 Å². The summed E-state index contributed by atoms with van der Waals surface area (Å²) in [5, 5.41) is 22.8. The van der Waals surface area contributed by atoms with Crippen molar-refractivity contribution in [1.29, 1.82) is 5.26 Å².